The van der Waals surface area contributed by atoms with Crippen LogP contribution in [0, 0.1) is 17.2 Å². The molecule has 0 aliphatic carbocycles. The molecule has 0 heterocycles. The van der Waals surface area contributed by atoms with Crippen LogP contribution < -0.4 is 0 Å². The maximum atomic E-state index is 12.6. The van der Waals surface area contributed by atoms with Crippen molar-refractivity contribution in [2.24, 2.45) is 5.92 Å². The molecular weight excluding hydrogens is 330 g/mol. The first kappa shape index (κ1) is 21.7. The van der Waals surface area contributed by atoms with E-state index < -0.39 is 5.60 Å². The lowest BCUT2D eigenvalue weighted by atomic mass is 9.93. The predicted molar refractivity (Wildman–Crippen MR) is 99.3 cm³/mol. The van der Waals surface area contributed by atoms with E-state index in [2.05, 4.69) is 6.07 Å². The number of unbranched alkanes of at least 4 members (excludes halogenated alkanes) is 1. The third kappa shape index (κ3) is 8.66. The van der Waals surface area contributed by atoms with Gasteiger partial charge in [-0.2, -0.15) is 5.26 Å². The van der Waals surface area contributed by atoms with Crippen molar-refractivity contribution in [3.63, 3.8) is 0 Å². The smallest absolute Gasteiger partial charge is 0.309 e. The van der Waals surface area contributed by atoms with Crippen LogP contribution >= 0.6 is 0 Å². The molecule has 0 amide bonds. The minimum absolute atomic E-state index is 0.201. The van der Waals surface area contributed by atoms with E-state index in [1.807, 2.05) is 32.9 Å². The number of rotatable bonds is 9. The van der Waals surface area contributed by atoms with Gasteiger partial charge in [-0.05, 0) is 64.7 Å². The summed E-state index contributed by atoms with van der Waals surface area (Å²) in [7, 11) is 0. The molecule has 0 aromatic heterocycles. The maximum Gasteiger partial charge on any atom is 0.309 e. The zero-order valence-electron chi connectivity index (χ0n) is 16.2. The van der Waals surface area contributed by atoms with Crippen molar-refractivity contribution in [1.82, 2.24) is 0 Å². The zero-order valence-corrected chi connectivity index (χ0v) is 16.2. The molecule has 0 spiro atoms. The molecule has 5 heteroatoms. The van der Waals surface area contributed by atoms with Crippen LogP contribution in [0.1, 0.15) is 64.5 Å². The summed E-state index contributed by atoms with van der Waals surface area (Å²) in [4.78, 5) is 24.0. The van der Waals surface area contributed by atoms with Gasteiger partial charge >= 0.3 is 11.9 Å². The first-order valence-corrected chi connectivity index (χ1v) is 9.12. The van der Waals surface area contributed by atoms with E-state index in [0.717, 1.165) is 12.0 Å². The van der Waals surface area contributed by atoms with Crippen LogP contribution in [-0.2, 0) is 25.5 Å². The third-order valence-electron chi connectivity index (χ3n) is 3.79. The van der Waals surface area contributed by atoms with Gasteiger partial charge in [0.1, 0.15) is 5.60 Å². The molecule has 0 saturated heterocycles. The number of nitriles is 1. The number of nitrogens with zero attached hydrogens (tertiary/aromatic N) is 1. The van der Waals surface area contributed by atoms with E-state index in [1.165, 1.54) is 0 Å². The minimum Gasteiger partial charge on any atom is -0.466 e. The van der Waals surface area contributed by atoms with Crippen LogP contribution in [0.15, 0.2) is 24.3 Å². The molecular formula is C21H29NO4. The number of ether oxygens (including phenoxy) is 2. The second-order valence-electron chi connectivity index (χ2n) is 7.29. The summed E-state index contributed by atoms with van der Waals surface area (Å²) in [5.74, 6) is -0.698. The summed E-state index contributed by atoms with van der Waals surface area (Å²) in [5.41, 5.74) is 1.05. The molecule has 0 saturated carbocycles. The van der Waals surface area contributed by atoms with Crippen molar-refractivity contribution in [1.29, 1.82) is 5.26 Å². The highest BCUT2D eigenvalue weighted by Gasteiger charge is 2.25. The number of carbonyl (C=O) groups is 2. The summed E-state index contributed by atoms with van der Waals surface area (Å²) in [6.45, 7) is 7.73. The van der Waals surface area contributed by atoms with Crippen molar-refractivity contribution >= 4 is 11.9 Å². The van der Waals surface area contributed by atoms with Gasteiger partial charge in [0.15, 0.2) is 0 Å². The van der Waals surface area contributed by atoms with Gasteiger partial charge in [0, 0.05) is 6.42 Å². The highest BCUT2D eigenvalue weighted by molar-refractivity contribution is 5.73. The standard InChI is InChI=1S/C21H29NO4/c1-5-25-19(23)9-7-6-8-18(20(24)26-21(2,3)4)14-16-10-12-17(15-22)13-11-16/h10-13,18H,5-9,14H2,1-4H3. The van der Waals surface area contributed by atoms with Crippen LogP contribution in [0.4, 0.5) is 0 Å². The Morgan fingerprint density at radius 2 is 1.81 bits per heavy atom. The fourth-order valence-electron chi connectivity index (χ4n) is 2.58. The van der Waals surface area contributed by atoms with Gasteiger partial charge in [-0.15, -0.1) is 0 Å². The molecule has 1 rings (SSSR count). The minimum atomic E-state index is -0.537. The van der Waals surface area contributed by atoms with E-state index in [0.29, 0.717) is 37.9 Å². The number of hydrogen-bond acceptors (Lipinski definition) is 5. The van der Waals surface area contributed by atoms with Crippen molar-refractivity contribution < 1.29 is 19.1 Å². The second kappa shape index (κ2) is 10.6. The first-order valence-electron chi connectivity index (χ1n) is 9.12. The fraction of sp³-hybridized carbons (Fsp3) is 0.571. The molecule has 1 aromatic rings. The van der Waals surface area contributed by atoms with E-state index in [1.54, 1.807) is 19.1 Å². The topological polar surface area (TPSA) is 76.4 Å². The Morgan fingerprint density at radius 1 is 1.15 bits per heavy atom. The quantitative estimate of drug-likeness (QED) is 0.488. The number of hydrogen-bond donors (Lipinski definition) is 0. The lowest BCUT2D eigenvalue weighted by Gasteiger charge is -2.24. The van der Waals surface area contributed by atoms with Crippen molar-refractivity contribution in [3.05, 3.63) is 35.4 Å². The fourth-order valence-corrected chi connectivity index (χ4v) is 2.58. The molecule has 142 valence electrons. The Hall–Kier alpha value is -2.35. The maximum absolute atomic E-state index is 12.6. The first-order chi connectivity index (χ1) is 12.2. The largest absolute Gasteiger partial charge is 0.466 e. The second-order valence-corrected chi connectivity index (χ2v) is 7.29. The predicted octanol–water partition coefficient (Wildman–Crippen LogP) is 4.18. The Kier molecular flexibility index (Phi) is 8.84. The van der Waals surface area contributed by atoms with Gasteiger partial charge in [-0.3, -0.25) is 9.59 Å². The van der Waals surface area contributed by atoms with Gasteiger partial charge in [-0.1, -0.05) is 18.6 Å². The number of carbonyl (C=O) groups excluding carboxylic acids is 2. The van der Waals surface area contributed by atoms with E-state index in [-0.39, 0.29) is 17.9 Å². The Labute approximate surface area is 156 Å². The van der Waals surface area contributed by atoms with E-state index in [4.69, 9.17) is 14.7 Å². The van der Waals surface area contributed by atoms with Crippen LogP contribution in [0.5, 0.6) is 0 Å². The van der Waals surface area contributed by atoms with Crippen LogP contribution in [-0.4, -0.2) is 24.1 Å². The summed E-state index contributed by atoms with van der Waals surface area (Å²) in [5, 5.41) is 8.89. The van der Waals surface area contributed by atoms with Gasteiger partial charge in [0.05, 0.1) is 24.2 Å². The van der Waals surface area contributed by atoms with Gasteiger partial charge in [0.25, 0.3) is 0 Å². The summed E-state index contributed by atoms with van der Waals surface area (Å²) < 4.78 is 10.5. The van der Waals surface area contributed by atoms with Crippen LogP contribution in [0.3, 0.4) is 0 Å². The SMILES string of the molecule is CCOC(=O)CCCCC(Cc1ccc(C#N)cc1)C(=O)OC(C)(C)C. The van der Waals surface area contributed by atoms with E-state index in [9.17, 15) is 9.59 Å². The lowest BCUT2D eigenvalue weighted by Crippen LogP contribution is -2.29. The molecule has 1 atom stereocenters. The molecule has 0 bridgehead atoms. The van der Waals surface area contributed by atoms with Crippen LogP contribution in [0.25, 0.3) is 0 Å². The van der Waals surface area contributed by atoms with Gasteiger partial charge in [0.2, 0.25) is 0 Å². The van der Waals surface area contributed by atoms with E-state index >= 15 is 0 Å². The van der Waals surface area contributed by atoms with Crippen LogP contribution in [0.2, 0.25) is 0 Å². The monoisotopic (exact) mass is 359 g/mol. The van der Waals surface area contributed by atoms with Gasteiger partial charge < -0.3 is 9.47 Å². The van der Waals surface area contributed by atoms with Gasteiger partial charge in [-0.25, -0.2) is 0 Å². The molecule has 1 unspecified atom stereocenters. The zero-order chi connectivity index (χ0) is 19.6. The normalized spacial score (nSPS) is 12.1. The Bertz CT molecular complexity index is 623. The highest BCUT2D eigenvalue weighted by atomic mass is 16.6. The molecule has 0 aliphatic heterocycles. The molecule has 0 aliphatic rings. The Balaban J connectivity index is 2.67. The average molecular weight is 359 g/mol. The Morgan fingerprint density at radius 3 is 2.35 bits per heavy atom. The molecule has 5 nitrogen and oxygen atoms in total. The third-order valence-corrected chi connectivity index (χ3v) is 3.79. The molecule has 26 heavy (non-hydrogen) atoms. The summed E-state index contributed by atoms with van der Waals surface area (Å²) in [6, 6.07) is 9.33. The highest BCUT2D eigenvalue weighted by Crippen LogP contribution is 2.21. The number of benzene rings is 1. The summed E-state index contributed by atoms with van der Waals surface area (Å²) in [6.07, 6.45) is 3.00. The van der Waals surface area contributed by atoms with Crippen molar-refractivity contribution in [2.75, 3.05) is 6.61 Å². The van der Waals surface area contributed by atoms with Crippen molar-refractivity contribution in [2.45, 2.75) is 65.4 Å². The summed E-state index contributed by atoms with van der Waals surface area (Å²) >= 11 is 0. The average Bonchev–Trinajstić information content (AvgIpc) is 2.57. The molecule has 0 N–H and O–H groups in total. The lowest BCUT2D eigenvalue weighted by molar-refractivity contribution is -0.160. The molecule has 1 aromatic carbocycles. The number of esters is 2. The van der Waals surface area contributed by atoms with Crippen molar-refractivity contribution in [3.8, 4) is 6.07 Å². The molecule has 0 fully saturated rings. The molecule has 0 radical (unpaired) electrons.